The first-order valence-electron chi connectivity index (χ1n) is 9.83. The smallest absolute Gasteiger partial charge is 0.0688 e. The van der Waals surface area contributed by atoms with Gasteiger partial charge in [-0.25, -0.2) is 0 Å². The zero-order chi connectivity index (χ0) is 20.1. The van der Waals surface area contributed by atoms with E-state index in [0.29, 0.717) is 0 Å². The SMILES string of the molecule is Cc1cccc(C)c1N=Cc1ccc(N(c2ccccc2)c2ccccc2)cc1. The van der Waals surface area contributed by atoms with Crippen LogP contribution in [0.5, 0.6) is 0 Å². The summed E-state index contributed by atoms with van der Waals surface area (Å²) >= 11 is 0. The zero-order valence-electron chi connectivity index (χ0n) is 16.8. The molecule has 142 valence electrons. The molecule has 0 atom stereocenters. The third-order valence-electron chi connectivity index (χ3n) is 4.96. The van der Waals surface area contributed by atoms with Gasteiger partial charge in [-0.3, -0.25) is 4.99 Å². The average Bonchev–Trinajstić information content (AvgIpc) is 2.76. The molecule has 0 aliphatic carbocycles. The van der Waals surface area contributed by atoms with Gasteiger partial charge in [-0.1, -0.05) is 66.7 Å². The topological polar surface area (TPSA) is 15.6 Å². The van der Waals surface area contributed by atoms with E-state index >= 15 is 0 Å². The summed E-state index contributed by atoms with van der Waals surface area (Å²) in [7, 11) is 0. The number of anilines is 3. The van der Waals surface area contributed by atoms with E-state index in [2.05, 4.69) is 110 Å². The van der Waals surface area contributed by atoms with Gasteiger partial charge in [0.05, 0.1) is 5.69 Å². The lowest BCUT2D eigenvalue weighted by Crippen LogP contribution is -2.09. The molecule has 4 aromatic rings. The summed E-state index contributed by atoms with van der Waals surface area (Å²) in [4.78, 5) is 6.98. The van der Waals surface area contributed by atoms with Crippen LogP contribution in [0.3, 0.4) is 0 Å². The standard InChI is InChI=1S/C27H24N2/c1-21-10-9-11-22(2)27(21)28-20-23-16-18-26(19-17-23)29(24-12-5-3-6-13-24)25-14-7-4-8-15-25/h3-20H,1-2H3. The van der Waals surface area contributed by atoms with Crippen LogP contribution < -0.4 is 4.90 Å². The van der Waals surface area contributed by atoms with Crippen LogP contribution in [-0.4, -0.2) is 6.21 Å². The molecule has 0 spiro atoms. The molecule has 2 nitrogen and oxygen atoms in total. The third-order valence-corrected chi connectivity index (χ3v) is 4.96. The van der Waals surface area contributed by atoms with Gasteiger partial charge in [0.2, 0.25) is 0 Å². The number of para-hydroxylation sites is 3. The van der Waals surface area contributed by atoms with E-state index in [9.17, 15) is 0 Å². The quantitative estimate of drug-likeness (QED) is 0.329. The molecule has 0 aliphatic heterocycles. The molecule has 2 heteroatoms. The molecule has 0 saturated heterocycles. The second-order valence-corrected chi connectivity index (χ2v) is 7.10. The Kier molecular flexibility index (Phi) is 5.53. The lowest BCUT2D eigenvalue weighted by molar-refractivity contribution is 1.28. The Hall–Kier alpha value is -3.65. The summed E-state index contributed by atoms with van der Waals surface area (Å²) in [6.45, 7) is 4.20. The van der Waals surface area contributed by atoms with Crippen molar-refractivity contribution in [3.63, 3.8) is 0 Å². The van der Waals surface area contributed by atoms with E-state index in [1.165, 1.54) is 11.1 Å². The lowest BCUT2D eigenvalue weighted by atomic mass is 10.1. The minimum absolute atomic E-state index is 1.05. The van der Waals surface area contributed by atoms with E-state index in [4.69, 9.17) is 4.99 Å². The molecule has 0 bridgehead atoms. The highest BCUT2D eigenvalue weighted by molar-refractivity contribution is 5.84. The van der Waals surface area contributed by atoms with Gasteiger partial charge < -0.3 is 4.90 Å². The first-order valence-corrected chi connectivity index (χ1v) is 9.83. The van der Waals surface area contributed by atoms with Crippen LogP contribution in [0.2, 0.25) is 0 Å². The maximum Gasteiger partial charge on any atom is 0.0688 e. The predicted molar refractivity (Wildman–Crippen MR) is 124 cm³/mol. The van der Waals surface area contributed by atoms with Crippen molar-refractivity contribution in [1.29, 1.82) is 0 Å². The molecule has 4 rings (SSSR count). The van der Waals surface area contributed by atoms with Gasteiger partial charge in [0.1, 0.15) is 0 Å². The number of aryl methyl sites for hydroxylation is 2. The molecule has 0 fully saturated rings. The van der Waals surface area contributed by atoms with Crippen LogP contribution in [0.25, 0.3) is 0 Å². The molecule has 0 unspecified atom stereocenters. The molecular weight excluding hydrogens is 352 g/mol. The molecule has 0 amide bonds. The first-order chi connectivity index (χ1) is 14.2. The Morgan fingerprint density at radius 3 is 1.55 bits per heavy atom. The Balaban J connectivity index is 1.65. The number of benzene rings is 4. The van der Waals surface area contributed by atoms with Gasteiger partial charge in [-0.15, -0.1) is 0 Å². The Morgan fingerprint density at radius 2 is 1.03 bits per heavy atom. The van der Waals surface area contributed by atoms with Crippen molar-refractivity contribution in [2.45, 2.75) is 13.8 Å². The third kappa shape index (κ3) is 4.27. The Bertz CT molecular complexity index is 1040. The van der Waals surface area contributed by atoms with E-state index in [1.807, 2.05) is 18.3 Å². The molecule has 0 radical (unpaired) electrons. The number of aliphatic imine (C=N–C) groups is 1. The average molecular weight is 377 g/mol. The van der Waals surface area contributed by atoms with Crippen LogP contribution in [0, 0.1) is 13.8 Å². The Labute approximate surface area is 172 Å². The highest BCUT2D eigenvalue weighted by Crippen LogP contribution is 2.34. The molecule has 0 heterocycles. The van der Waals surface area contributed by atoms with Crippen molar-refractivity contribution in [2.24, 2.45) is 4.99 Å². The van der Waals surface area contributed by atoms with Crippen LogP contribution >= 0.6 is 0 Å². The molecule has 0 N–H and O–H groups in total. The number of rotatable bonds is 5. The fourth-order valence-electron chi connectivity index (χ4n) is 3.46. The second-order valence-electron chi connectivity index (χ2n) is 7.10. The highest BCUT2D eigenvalue weighted by atomic mass is 15.1. The van der Waals surface area contributed by atoms with Crippen molar-refractivity contribution >= 4 is 29.0 Å². The predicted octanol–water partition coefficient (Wildman–Crippen LogP) is 7.52. The van der Waals surface area contributed by atoms with E-state index in [0.717, 1.165) is 28.3 Å². The van der Waals surface area contributed by atoms with E-state index in [1.54, 1.807) is 0 Å². The molecule has 29 heavy (non-hydrogen) atoms. The second kappa shape index (κ2) is 8.57. The van der Waals surface area contributed by atoms with Crippen LogP contribution in [0.15, 0.2) is 108 Å². The maximum atomic E-state index is 4.73. The molecule has 0 aromatic heterocycles. The van der Waals surface area contributed by atoms with Crippen molar-refractivity contribution in [3.8, 4) is 0 Å². The van der Waals surface area contributed by atoms with Crippen molar-refractivity contribution in [3.05, 3.63) is 120 Å². The fraction of sp³-hybridized carbons (Fsp3) is 0.0741. The van der Waals surface area contributed by atoms with Crippen LogP contribution in [-0.2, 0) is 0 Å². The number of hydrogen-bond donors (Lipinski definition) is 0. The maximum absolute atomic E-state index is 4.73. The van der Waals surface area contributed by atoms with E-state index in [-0.39, 0.29) is 0 Å². The van der Waals surface area contributed by atoms with Crippen LogP contribution in [0.4, 0.5) is 22.7 Å². The van der Waals surface area contributed by atoms with Gasteiger partial charge >= 0.3 is 0 Å². The largest absolute Gasteiger partial charge is 0.311 e. The summed E-state index contributed by atoms with van der Waals surface area (Å²) in [5.74, 6) is 0. The van der Waals surface area contributed by atoms with Gasteiger partial charge in [-0.2, -0.15) is 0 Å². The highest BCUT2D eigenvalue weighted by Gasteiger charge is 2.11. The summed E-state index contributed by atoms with van der Waals surface area (Å²) < 4.78 is 0. The monoisotopic (exact) mass is 376 g/mol. The zero-order valence-corrected chi connectivity index (χ0v) is 16.8. The van der Waals surface area contributed by atoms with Crippen molar-refractivity contribution < 1.29 is 0 Å². The van der Waals surface area contributed by atoms with Gasteiger partial charge in [-0.05, 0) is 66.9 Å². The molecular formula is C27H24N2. The van der Waals surface area contributed by atoms with Crippen molar-refractivity contribution in [2.75, 3.05) is 4.90 Å². The molecule has 0 aliphatic rings. The fourth-order valence-corrected chi connectivity index (χ4v) is 3.46. The Morgan fingerprint density at radius 1 is 0.552 bits per heavy atom. The lowest BCUT2D eigenvalue weighted by Gasteiger charge is -2.25. The minimum atomic E-state index is 1.05. The number of hydrogen-bond acceptors (Lipinski definition) is 2. The molecule has 0 saturated carbocycles. The van der Waals surface area contributed by atoms with Gasteiger partial charge in [0.25, 0.3) is 0 Å². The normalized spacial score (nSPS) is 11.0. The first kappa shape index (κ1) is 18.7. The number of nitrogens with zero attached hydrogens (tertiary/aromatic N) is 2. The van der Waals surface area contributed by atoms with Gasteiger partial charge in [0, 0.05) is 23.3 Å². The summed E-state index contributed by atoms with van der Waals surface area (Å²) in [6, 6.07) is 35.6. The van der Waals surface area contributed by atoms with E-state index < -0.39 is 0 Å². The van der Waals surface area contributed by atoms with Crippen molar-refractivity contribution in [1.82, 2.24) is 0 Å². The summed E-state index contributed by atoms with van der Waals surface area (Å²) in [6.07, 6.45) is 1.94. The summed E-state index contributed by atoms with van der Waals surface area (Å²) in [5.41, 5.74) is 7.90. The minimum Gasteiger partial charge on any atom is -0.311 e. The van der Waals surface area contributed by atoms with Crippen LogP contribution in [0.1, 0.15) is 16.7 Å². The molecule has 4 aromatic carbocycles. The summed E-state index contributed by atoms with van der Waals surface area (Å²) in [5, 5.41) is 0. The van der Waals surface area contributed by atoms with Gasteiger partial charge in [0.15, 0.2) is 0 Å².